The van der Waals surface area contributed by atoms with Gasteiger partial charge in [0.25, 0.3) is 0 Å². The van der Waals surface area contributed by atoms with Crippen molar-refractivity contribution in [1.29, 1.82) is 0 Å². The second-order valence-electron chi connectivity index (χ2n) is 4.10. The van der Waals surface area contributed by atoms with Gasteiger partial charge in [0.1, 0.15) is 18.2 Å². The first-order chi connectivity index (χ1) is 8.59. The van der Waals surface area contributed by atoms with Gasteiger partial charge < -0.3 is 26.0 Å². The maximum Gasteiger partial charge on any atom is 0.158 e. The number of rotatable bonds is 7. The first kappa shape index (κ1) is 14.6. The van der Waals surface area contributed by atoms with Gasteiger partial charge in [-0.2, -0.15) is 0 Å². The summed E-state index contributed by atoms with van der Waals surface area (Å²) in [6, 6.07) is 1.55. The van der Waals surface area contributed by atoms with Gasteiger partial charge in [-0.1, -0.05) is 6.92 Å². The van der Waals surface area contributed by atoms with Crippen molar-refractivity contribution in [3.05, 3.63) is 11.9 Å². The van der Waals surface area contributed by atoms with Gasteiger partial charge >= 0.3 is 0 Å². The van der Waals surface area contributed by atoms with Gasteiger partial charge in [-0.15, -0.1) is 0 Å². The molecule has 0 bridgehead atoms. The van der Waals surface area contributed by atoms with E-state index in [1.165, 1.54) is 7.11 Å². The van der Waals surface area contributed by atoms with E-state index in [9.17, 15) is 10.2 Å². The first-order valence-electron chi connectivity index (χ1n) is 5.71. The molecule has 1 rings (SSSR count). The summed E-state index contributed by atoms with van der Waals surface area (Å²) in [5, 5.41) is 21.7. The number of methoxy groups -OCH3 is 1. The number of ether oxygens (including phenoxy) is 1. The third-order valence-electron chi connectivity index (χ3n) is 2.74. The molecule has 18 heavy (non-hydrogen) atoms. The van der Waals surface area contributed by atoms with E-state index < -0.39 is 5.54 Å². The van der Waals surface area contributed by atoms with Crippen molar-refractivity contribution in [2.24, 2.45) is 0 Å². The molecule has 0 aliphatic heterocycles. The molecule has 0 fully saturated rings. The molecule has 0 unspecified atom stereocenters. The van der Waals surface area contributed by atoms with Gasteiger partial charge in [-0.3, -0.25) is 0 Å². The number of hydrogen-bond donors (Lipinski definition) is 4. The van der Waals surface area contributed by atoms with E-state index in [0.717, 1.165) is 0 Å². The Labute approximate surface area is 106 Å². The number of aliphatic hydroxyl groups excluding tert-OH is 2. The number of aromatic nitrogens is 2. The third kappa shape index (κ3) is 3.52. The lowest BCUT2D eigenvalue weighted by Crippen LogP contribution is -2.45. The third-order valence-corrected chi connectivity index (χ3v) is 2.74. The summed E-state index contributed by atoms with van der Waals surface area (Å²) in [6.07, 6.45) is 0.545. The van der Waals surface area contributed by atoms with Crippen LogP contribution >= 0.6 is 0 Å². The van der Waals surface area contributed by atoms with Crippen molar-refractivity contribution in [3.8, 4) is 0 Å². The van der Waals surface area contributed by atoms with Crippen LogP contribution in [0.1, 0.15) is 19.2 Å². The fourth-order valence-electron chi connectivity index (χ4n) is 1.49. The van der Waals surface area contributed by atoms with E-state index in [1.807, 2.05) is 6.92 Å². The standard InChI is InChI=1S/C11H20N4O3/c1-3-11(6-16,7-17)15-9-4-8(12)13-10(14-9)5-18-2/h4,16-17H,3,5-7H2,1-2H3,(H3,12,13,14,15). The van der Waals surface area contributed by atoms with Gasteiger partial charge in [-0.25, -0.2) is 9.97 Å². The van der Waals surface area contributed by atoms with Crippen molar-refractivity contribution in [3.63, 3.8) is 0 Å². The van der Waals surface area contributed by atoms with Crippen LogP contribution in [0.5, 0.6) is 0 Å². The molecular formula is C11H20N4O3. The maximum absolute atomic E-state index is 9.36. The molecule has 5 N–H and O–H groups in total. The highest BCUT2D eigenvalue weighted by Gasteiger charge is 2.27. The lowest BCUT2D eigenvalue weighted by atomic mass is 9.98. The molecule has 0 saturated heterocycles. The minimum absolute atomic E-state index is 0.205. The number of nitrogens with one attached hydrogen (secondary N) is 1. The van der Waals surface area contributed by atoms with Gasteiger partial charge in [0.15, 0.2) is 5.82 Å². The Balaban J connectivity index is 2.95. The molecule has 1 aromatic rings. The molecule has 0 saturated carbocycles. The molecule has 0 radical (unpaired) electrons. The lowest BCUT2D eigenvalue weighted by molar-refractivity contribution is 0.132. The Morgan fingerprint density at radius 3 is 2.56 bits per heavy atom. The van der Waals surface area contributed by atoms with Crippen molar-refractivity contribution in [2.45, 2.75) is 25.5 Å². The summed E-state index contributed by atoms with van der Waals surface area (Å²) < 4.78 is 4.94. The van der Waals surface area contributed by atoms with Crippen LogP contribution < -0.4 is 11.1 Å². The summed E-state index contributed by atoms with van der Waals surface area (Å²) >= 11 is 0. The fourth-order valence-corrected chi connectivity index (χ4v) is 1.49. The number of nitrogens with two attached hydrogens (primary N) is 1. The average Bonchev–Trinajstić information content (AvgIpc) is 2.36. The second kappa shape index (κ2) is 6.48. The fraction of sp³-hybridized carbons (Fsp3) is 0.636. The summed E-state index contributed by atoms with van der Waals surface area (Å²) in [7, 11) is 1.54. The smallest absolute Gasteiger partial charge is 0.158 e. The number of hydrogen-bond acceptors (Lipinski definition) is 7. The molecule has 1 aromatic heterocycles. The molecule has 0 spiro atoms. The average molecular weight is 256 g/mol. The van der Waals surface area contributed by atoms with Crippen molar-refractivity contribution in [1.82, 2.24) is 9.97 Å². The van der Waals surface area contributed by atoms with E-state index in [1.54, 1.807) is 6.07 Å². The minimum Gasteiger partial charge on any atom is -0.394 e. The highest BCUT2D eigenvalue weighted by atomic mass is 16.5. The number of anilines is 2. The SMILES string of the molecule is CCC(CO)(CO)Nc1cc(N)nc(COC)n1. The van der Waals surface area contributed by atoms with Gasteiger partial charge in [0.05, 0.1) is 18.8 Å². The number of nitrogens with zero attached hydrogens (tertiary/aromatic N) is 2. The highest BCUT2D eigenvalue weighted by Crippen LogP contribution is 2.18. The van der Waals surface area contributed by atoms with Crippen LogP contribution in [-0.4, -0.2) is 46.0 Å². The van der Waals surface area contributed by atoms with Crippen LogP contribution in [0.25, 0.3) is 0 Å². The molecule has 0 aromatic carbocycles. The monoisotopic (exact) mass is 256 g/mol. The van der Waals surface area contributed by atoms with Gasteiger partial charge in [-0.05, 0) is 6.42 Å². The maximum atomic E-state index is 9.36. The van der Waals surface area contributed by atoms with Gasteiger partial charge in [0, 0.05) is 13.2 Å². The van der Waals surface area contributed by atoms with Crippen LogP contribution in [0.3, 0.4) is 0 Å². The zero-order valence-electron chi connectivity index (χ0n) is 10.7. The summed E-state index contributed by atoms with van der Waals surface area (Å²) in [6.45, 7) is 1.70. The van der Waals surface area contributed by atoms with Crippen LogP contribution in [0.2, 0.25) is 0 Å². The second-order valence-corrected chi connectivity index (χ2v) is 4.10. The Bertz CT molecular complexity index is 374. The number of nitrogen functional groups attached to an aromatic ring is 1. The van der Waals surface area contributed by atoms with Crippen LogP contribution in [-0.2, 0) is 11.3 Å². The van der Waals surface area contributed by atoms with E-state index in [0.29, 0.717) is 23.9 Å². The zero-order valence-corrected chi connectivity index (χ0v) is 10.7. The summed E-state index contributed by atoms with van der Waals surface area (Å²) in [5.41, 5.74) is 4.85. The summed E-state index contributed by atoms with van der Waals surface area (Å²) in [4.78, 5) is 8.21. The molecule has 0 aliphatic carbocycles. The molecular weight excluding hydrogens is 236 g/mol. The Kier molecular flexibility index (Phi) is 5.26. The van der Waals surface area contributed by atoms with Crippen molar-refractivity contribution >= 4 is 11.6 Å². The molecule has 0 amide bonds. The molecule has 7 heteroatoms. The highest BCUT2D eigenvalue weighted by molar-refractivity contribution is 5.46. The van der Waals surface area contributed by atoms with E-state index in [2.05, 4.69) is 15.3 Å². The van der Waals surface area contributed by atoms with Crippen LogP contribution in [0.15, 0.2) is 6.07 Å². The van der Waals surface area contributed by atoms with Crippen molar-refractivity contribution < 1.29 is 14.9 Å². The summed E-state index contributed by atoms with van der Waals surface area (Å²) in [5.74, 6) is 1.21. The minimum atomic E-state index is -0.814. The zero-order chi connectivity index (χ0) is 13.6. The Hall–Kier alpha value is -1.44. The van der Waals surface area contributed by atoms with E-state index in [4.69, 9.17) is 10.5 Å². The normalized spacial score (nSPS) is 11.6. The Morgan fingerprint density at radius 1 is 1.39 bits per heavy atom. The van der Waals surface area contributed by atoms with E-state index >= 15 is 0 Å². The van der Waals surface area contributed by atoms with Crippen molar-refractivity contribution in [2.75, 3.05) is 31.4 Å². The first-order valence-corrected chi connectivity index (χ1v) is 5.71. The Morgan fingerprint density at radius 2 is 2.06 bits per heavy atom. The predicted octanol–water partition coefficient (Wildman–Crippen LogP) is -0.250. The van der Waals surface area contributed by atoms with Gasteiger partial charge in [0.2, 0.25) is 0 Å². The largest absolute Gasteiger partial charge is 0.394 e. The molecule has 0 aliphatic rings. The molecule has 1 heterocycles. The van der Waals surface area contributed by atoms with E-state index in [-0.39, 0.29) is 19.8 Å². The quantitative estimate of drug-likeness (QED) is 0.532. The molecule has 102 valence electrons. The van der Waals surface area contributed by atoms with Crippen LogP contribution in [0, 0.1) is 0 Å². The molecule has 7 nitrogen and oxygen atoms in total. The number of aliphatic hydroxyl groups is 2. The molecule has 0 atom stereocenters. The van der Waals surface area contributed by atoms with Crippen LogP contribution in [0.4, 0.5) is 11.6 Å². The lowest BCUT2D eigenvalue weighted by Gasteiger charge is -2.30. The topological polar surface area (TPSA) is 114 Å². The predicted molar refractivity (Wildman–Crippen MR) is 68.0 cm³/mol.